The highest BCUT2D eigenvalue weighted by Gasteiger charge is 2.33. The zero-order valence-electron chi connectivity index (χ0n) is 16.2. The Hall–Kier alpha value is -2.22. The molecule has 1 atom stereocenters. The molecular formula is C22H20BrClN4O2. The van der Waals surface area contributed by atoms with Crippen LogP contribution in [0.1, 0.15) is 16.8 Å². The third-order valence-corrected chi connectivity index (χ3v) is 6.98. The van der Waals surface area contributed by atoms with Crippen molar-refractivity contribution in [2.24, 2.45) is 0 Å². The molecule has 154 valence electrons. The average molecular weight is 488 g/mol. The number of carbonyl (C=O) groups is 1. The molecular weight excluding hydrogens is 468 g/mol. The summed E-state index contributed by atoms with van der Waals surface area (Å²) in [4.78, 5) is 26.2. The van der Waals surface area contributed by atoms with Crippen LogP contribution in [0.25, 0.3) is 10.9 Å². The van der Waals surface area contributed by atoms with Gasteiger partial charge in [-0.25, -0.2) is 9.97 Å². The van der Waals surface area contributed by atoms with E-state index in [9.17, 15) is 4.79 Å². The number of aromatic nitrogens is 2. The molecule has 2 aromatic carbocycles. The Morgan fingerprint density at radius 1 is 1.23 bits per heavy atom. The number of hydrogen-bond donors (Lipinski definition) is 0. The molecule has 30 heavy (non-hydrogen) atoms. The number of piperazine rings is 1. The van der Waals surface area contributed by atoms with Crippen LogP contribution in [0.4, 0.5) is 5.82 Å². The van der Waals surface area contributed by atoms with Crippen molar-refractivity contribution in [3.05, 3.63) is 57.8 Å². The Kier molecular flexibility index (Phi) is 5.35. The number of halogens is 2. The van der Waals surface area contributed by atoms with E-state index in [0.29, 0.717) is 23.9 Å². The van der Waals surface area contributed by atoms with Crippen LogP contribution in [-0.2, 0) is 0 Å². The lowest BCUT2D eigenvalue weighted by Crippen LogP contribution is -2.55. The van der Waals surface area contributed by atoms with Crippen molar-refractivity contribution in [1.82, 2.24) is 14.9 Å². The van der Waals surface area contributed by atoms with Gasteiger partial charge in [0.1, 0.15) is 12.1 Å². The van der Waals surface area contributed by atoms with Crippen molar-refractivity contribution < 1.29 is 9.53 Å². The monoisotopic (exact) mass is 486 g/mol. The van der Waals surface area contributed by atoms with Crippen molar-refractivity contribution in [1.29, 1.82) is 0 Å². The lowest BCUT2D eigenvalue weighted by atomic mass is 10.0. The third kappa shape index (κ3) is 3.55. The maximum atomic E-state index is 12.7. The normalized spacial score (nSPS) is 19.0. The summed E-state index contributed by atoms with van der Waals surface area (Å²) in [5, 5.41) is 1.40. The molecule has 0 aliphatic carbocycles. The van der Waals surface area contributed by atoms with Gasteiger partial charge in [-0.15, -0.1) is 0 Å². The van der Waals surface area contributed by atoms with Gasteiger partial charge in [0.15, 0.2) is 11.5 Å². The second-order valence-electron chi connectivity index (χ2n) is 7.60. The molecule has 3 heterocycles. The maximum Gasteiger partial charge on any atom is 0.176 e. The minimum atomic E-state index is 0.151. The highest BCUT2D eigenvalue weighted by molar-refractivity contribution is 9.10. The predicted molar refractivity (Wildman–Crippen MR) is 121 cm³/mol. The van der Waals surface area contributed by atoms with Crippen molar-refractivity contribution in [3.63, 3.8) is 0 Å². The molecule has 5 rings (SSSR count). The van der Waals surface area contributed by atoms with Crippen LogP contribution in [0.2, 0.25) is 5.02 Å². The number of benzene rings is 2. The van der Waals surface area contributed by atoms with Gasteiger partial charge in [0.25, 0.3) is 0 Å². The van der Waals surface area contributed by atoms with Crippen LogP contribution in [0.5, 0.6) is 5.75 Å². The fourth-order valence-electron chi connectivity index (χ4n) is 4.28. The molecule has 1 aromatic heterocycles. The number of hydrogen-bond acceptors (Lipinski definition) is 6. The van der Waals surface area contributed by atoms with Gasteiger partial charge in [0.2, 0.25) is 0 Å². The number of ketones is 1. The molecule has 3 aromatic rings. The second-order valence-corrected chi connectivity index (χ2v) is 8.83. The molecule has 1 saturated heterocycles. The van der Waals surface area contributed by atoms with E-state index < -0.39 is 0 Å². The zero-order valence-corrected chi connectivity index (χ0v) is 18.6. The number of Topliss-reactive ketones (excluding diaryl/α,β-unsaturated/α-hetero) is 1. The Morgan fingerprint density at radius 2 is 2.07 bits per heavy atom. The lowest BCUT2D eigenvalue weighted by Gasteiger charge is -2.43. The molecule has 1 fully saturated rings. The summed E-state index contributed by atoms with van der Waals surface area (Å²) < 4.78 is 6.85. The number of ether oxygens (including phenoxy) is 1. The van der Waals surface area contributed by atoms with Gasteiger partial charge >= 0.3 is 0 Å². The van der Waals surface area contributed by atoms with E-state index in [-0.39, 0.29) is 11.8 Å². The van der Waals surface area contributed by atoms with Crippen LogP contribution >= 0.6 is 27.5 Å². The van der Waals surface area contributed by atoms with Gasteiger partial charge < -0.3 is 9.64 Å². The number of nitrogens with zero attached hydrogens (tertiary/aromatic N) is 4. The number of rotatable bonds is 3. The quantitative estimate of drug-likeness (QED) is 0.516. The summed E-state index contributed by atoms with van der Waals surface area (Å²) in [6.07, 6.45) is 2.41. The first-order valence-corrected chi connectivity index (χ1v) is 11.1. The molecule has 6 nitrogen and oxygen atoms in total. The van der Waals surface area contributed by atoms with Crippen molar-refractivity contribution in [3.8, 4) is 5.75 Å². The largest absolute Gasteiger partial charge is 0.491 e. The van der Waals surface area contributed by atoms with Crippen LogP contribution in [0.15, 0.2) is 47.2 Å². The van der Waals surface area contributed by atoms with Gasteiger partial charge in [-0.2, -0.15) is 0 Å². The maximum absolute atomic E-state index is 12.7. The van der Waals surface area contributed by atoms with Gasteiger partial charge in [-0.3, -0.25) is 9.69 Å². The molecule has 0 amide bonds. The van der Waals surface area contributed by atoms with Crippen LogP contribution in [-0.4, -0.2) is 59.5 Å². The standard InChI is InChI=1S/C22H20BrClN4O2/c23-16-10-17-19-21(20(16)24)30-9-6-15-11-27(7-8-28(15)22(19)26-13-25-17)12-18(29)14-4-2-1-3-5-14/h1-5,10,13,15H,6-9,11-12H2/t15-/m1/s1. The van der Waals surface area contributed by atoms with E-state index in [2.05, 4.69) is 35.7 Å². The van der Waals surface area contributed by atoms with Gasteiger partial charge in [-0.1, -0.05) is 41.9 Å². The van der Waals surface area contributed by atoms with Gasteiger partial charge in [-0.05, 0) is 22.0 Å². The Labute approximate surface area is 187 Å². The first kappa shape index (κ1) is 19.7. The Morgan fingerprint density at radius 3 is 2.90 bits per heavy atom. The van der Waals surface area contributed by atoms with E-state index in [1.165, 1.54) is 0 Å². The zero-order chi connectivity index (χ0) is 20.7. The smallest absolute Gasteiger partial charge is 0.176 e. The van der Waals surface area contributed by atoms with Crippen LogP contribution in [0, 0.1) is 0 Å². The van der Waals surface area contributed by atoms with Crippen LogP contribution < -0.4 is 9.64 Å². The molecule has 0 bridgehead atoms. The second kappa shape index (κ2) is 8.13. The van der Waals surface area contributed by atoms with Crippen molar-refractivity contribution >= 4 is 50.0 Å². The predicted octanol–water partition coefficient (Wildman–Crippen LogP) is 4.20. The summed E-state index contributed by atoms with van der Waals surface area (Å²) in [6, 6.07) is 11.6. The SMILES string of the molecule is O=C(CN1CCN2c3ncnc4cc(Br)c(Cl)c(c34)OCC[C@@H]2C1)c1ccccc1. The Balaban J connectivity index is 1.43. The Bertz CT molecular complexity index is 1110. The van der Waals surface area contributed by atoms with Crippen molar-refractivity contribution in [2.45, 2.75) is 12.5 Å². The van der Waals surface area contributed by atoms with Gasteiger partial charge in [0, 0.05) is 42.1 Å². The summed E-state index contributed by atoms with van der Waals surface area (Å²) in [7, 11) is 0. The van der Waals surface area contributed by atoms with Gasteiger partial charge in [0.05, 0.1) is 29.1 Å². The summed E-state index contributed by atoms with van der Waals surface area (Å²) >= 11 is 10.0. The first-order valence-electron chi connectivity index (χ1n) is 9.94. The third-order valence-electron chi connectivity index (χ3n) is 5.76. The molecule has 0 spiro atoms. The molecule has 2 aliphatic heterocycles. The molecule has 0 saturated carbocycles. The molecule has 0 unspecified atom stereocenters. The summed E-state index contributed by atoms with van der Waals surface area (Å²) in [5.41, 5.74) is 1.56. The molecule has 2 aliphatic rings. The highest BCUT2D eigenvalue weighted by Crippen LogP contribution is 2.43. The van der Waals surface area contributed by atoms with Crippen LogP contribution in [0.3, 0.4) is 0 Å². The summed E-state index contributed by atoms with van der Waals surface area (Å²) in [5.74, 6) is 1.64. The van der Waals surface area contributed by atoms with E-state index in [4.69, 9.17) is 16.3 Å². The molecule has 0 N–H and O–H groups in total. The van der Waals surface area contributed by atoms with E-state index in [1.54, 1.807) is 6.33 Å². The first-order chi connectivity index (χ1) is 14.6. The number of carbonyl (C=O) groups excluding carboxylic acids is 1. The average Bonchev–Trinajstić information content (AvgIpc) is 2.75. The van der Waals surface area contributed by atoms with E-state index >= 15 is 0 Å². The molecule has 8 heteroatoms. The highest BCUT2D eigenvalue weighted by atomic mass is 79.9. The number of anilines is 1. The topological polar surface area (TPSA) is 58.6 Å². The minimum Gasteiger partial charge on any atom is -0.491 e. The van der Waals surface area contributed by atoms with E-state index in [0.717, 1.165) is 52.8 Å². The number of fused-ring (bicyclic) bond motifs is 2. The fraction of sp³-hybridized carbons (Fsp3) is 0.318. The summed E-state index contributed by atoms with van der Waals surface area (Å²) in [6.45, 7) is 3.32. The van der Waals surface area contributed by atoms with Crippen molar-refractivity contribution in [2.75, 3.05) is 37.7 Å². The van der Waals surface area contributed by atoms with E-state index in [1.807, 2.05) is 36.4 Å². The molecule has 0 radical (unpaired) electrons. The fourth-order valence-corrected chi connectivity index (χ4v) is 4.88. The minimum absolute atomic E-state index is 0.151. The lowest BCUT2D eigenvalue weighted by molar-refractivity contribution is 0.0910.